The summed E-state index contributed by atoms with van der Waals surface area (Å²) in [6.07, 6.45) is 6.11. The van der Waals surface area contributed by atoms with Gasteiger partial charge in [0.05, 0.1) is 0 Å². The second-order valence-electron chi connectivity index (χ2n) is 7.23. The van der Waals surface area contributed by atoms with Gasteiger partial charge in [-0.25, -0.2) is 0 Å². The van der Waals surface area contributed by atoms with Gasteiger partial charge in [-0.2, -0.15) is 0 Å². The predicted molar refractivity (Wildman–Crippen MR) is 72.7 cm³/mol. The van der Waals surface area contributed by atoms with Gasteiger partial charge >= 0.3 is 0 Å². The van der Waals surface area contributed by atoms with E-state index in [0.29, 0.717) is 0 Å². The zero-order valence-electron chi connectivity index (χ0n) is 11.0. The Labute approximate surface area is 92.5 Å². The van der Waals surface area contributed by atoms with Crippen molar-refractivity contribution in [3.63, 3.8) is 0 Å². The van der Waals surface area contributed by atoms with Crippen LogP contribution in [0.2, 0.25) is 50.4 Å². The third-order valence-corrected chi connectivity index (χ3v) is 10.2. The van der Waals surface area contributed by atoms with Crippen LogP contribution in [0.3, 0.4) is 0 Å². The molecule has 1 saturated carbocycles. The summed E-state index contributed by atoms with van der Waals surface area (Å²) in [5.74, 6) is 0. The van der Waals surface area contributed by atoms with E-state index in [-0.39, 0.29) is 0 Å². The van der Waals surface area contributed by atoms with Crippen LogP contribution in [-0.2, 0) is 0 Å². The van der Waals surface area contributed by atoms with Crippen LogP contribution >= 0.6 is 0 Å². The molecule has 14 heavy (non-hydrogen) atoms. The van der Waals surface area contributed by atoms with Crippen LogP contribution in [0.4, 0.5) is 0 Å². The van der Waals surface area contributed by atoms with Crippen LogP contribution in [0, 0.1) is 0 Å². The molecule has 1 fully saturated rings. The van der Waals surface area contributed by atoms with E-state index >= 15 is 0 Å². The first-order valence-corrected chi connectivity index (χ1v) is 13.4. The Morgan fingerprint density at radius 2 is 0.929 bits per heavy atom. The highest BCUT2D eigenvalue weighted by Crippen LogP contribution is 2.49. The van der Waals surface area contributed by atoms with Crippen LogP contribution in [-0.4, -0.2) is 16.1 Å². The van der Waals surface area contributed by atoms with Crippen molar-refractivity contribution in [3.8, 4) is 0 Å². The second kappa shape index (κ2) is 4.13. The fourth-order valence-electron chi connectivity index (χ4n) is 3.20. The molecule has 0 aliphatic heterocycles. The van der Waals surface area contributed by atoms with Crippen molar-refractivity contribution < 1.29 is 0 Å². The monoisotopic (exact) mass is 228 g/mol. The summed E-state index contributed by atoms with van der Waals surface area (Å²) in [4.78, 5) is 0. The van der Waals surface area contributed by atoms with Crippen molar-refractivity contribution in [2.45, 2.75) is 76.0 Å². The van der Waals surface area contributed by atoms with Gasteiger partial charge in [0.25, 0.3) is 0 Å². The SMILES string of the molecule is C[Si](C)(C)[C@@H]1CCCC[C@@H]1[Si](C)(C)C. The summed E-state index contributed by atoms with van der Waals surface area (Å²) >= 11 is 0. The maximum atomic E-state index is 2.58. The van der Waals surface area contributed by atoms with Crippen molar-refractivity contribution in [1.29, 1.82) is 0 Å². The fraction of sp³-hybridized carbons (Fsp3) is 1.00. The Bertz CT molecular complexity index is 163. The lowest BCUT2D eigenvalue weighted by molar-refractivity contribution is 0.482. The third kappa shape index (κ3) is 2.96. The molecule has 0 aromatic heterocycles. The summed E-state index contributed by atoms with van der Waals surface area (Å²) in [6, 6.07) is 0. The molecular formula is C12H28Si2. The third-order valence-electron chi connectivity index (χ3n) is 3.99. The highest BCUT2D eigenvalue weighted by molar-refractivity contribution is 6.83. The summed E-state index contributed by atoms with van der Waals surface area (Å²) < 4.78 is 0. The first-order chi connectivity index (χ1) is 6.23. The zero-order valence-corrected chi connectivity index (χ0v) is 13.0. The van der Waals surface area contributed by atoms with Crippen molar-refractivity contribution in [2.75, 3.05) is 0 Å². The lowest BCUT2D eigenvalue weighted by Gasteiger charge is -2.45. The van der Waals surface area contributed by atoms with Gasteiger partial charge in [0.15, 0.2) is 0 Å². The maximum Gasteiger partial charge on any atom is 0.0473 e. The minimum atomic E-state index is -0.895. The average Bonchev–Trinajstić information content (AvgIpc) is 2.01. The van der Waals surface area contributed by atoms with E-state index in [1.165, 1.54) is 12.8 Å². The van der Waals surface area contributed by atoms with Crippen molar-refractivity contribution >= 4 is 16.1 Å². The Morgan fingerprint density at radius 1 is 0.643 bits per heavy atom. The van der Waals surface area contributed by atoms with E-state index < -0.39 is 16.1 Å². The molecule has 0 unspecified atom stereocenters. The van der Waals surface area contributed by atoms with Crippen LogP contribution in [0.5, 0.6) is 0 Å². The Morgan fingerprint density at radius 3 is 1.14 bits per heavy atom. The molecule has 0 amide bonds. The van der Waals surface area contributed by atoms with Gasteiger partial charge in [0.2, 0.25) is 0 Å². The molecule has 1 aliphatic rings. The highest BCUT2D eigenvalue weighted by atomic mass is 28.3. The number of rotatable bonds is 2. The predicted octanol–water partition coefficient (Wildman–Crippen LogP) is 4.98. The normalized spacial score (nSPS) is 30.4. The van der Waals surface area contributed by atoms with Crippen LogP contribution < -0.4 is 0 Å². The molecule has 0 N–H and O–H groups in total. The zero-order chi connectivity index (χ0) is 11.0. The number of hydrogen-bond acceptors (Lipinski definition) is 0. The summed E-state index contributed by atoms with van der Waals surface area (Å²) in [7, 11) is -1.79. The van der Waals surface area contributed by atoms with Crippen molar-refractivity contribution in [3.05, 3.63) is 0 Å². The second-order valence-corrected chi connectivity index (χ2v) is 18.2. The highest BCUT2D eigenvalue weighted by Gasteiger charge is 2.41. The molecule has 0 radical (unpaired) electrons. The smallest absolute Gasteiger partial charge is 0.0473 e. The van der Waals surface area contributed by atoms with E-state index in [0.717, 1.165) is 11.1 Å². The lowest BCUT2D eigenvalue weighted by Crippen LogP contribution is -2.42. The topological polar surface area (TPSA) is 0 Å². The molecular weight excluding hydrogens is 200 g/mol. The van der Waals surface area contributed by atoms with Crippen molar-refractivity contribution in [1.82, 2.24) is 0 Å². The van der Waals surface area contributed by atoms with Gasteiger partial charge in [0.1, 0.15) is 0 Å². The number of hydrogen-bond donors (Lipinski definition) is 0. The van der Waals surface area contributed by atoms with Crippen LogP contribution in [0.15, 0.2) is 0 Å². The van der Waals surface area contributed by atoms with Gasteiger partial charge in [-0.05, 0) is 11.1 Å². The van der Waals surface area contributed by atoms with E-state index in [1.54, 1.807) is 12.8 Å². The molecule has 2 heteroatoms. The minimum absolute atomic E-state index is 0.895. The molecule has 0 nitrogen and oxygen atoms in total. The maximum absolute atomic E-state index is 2.58. The largest absolute Gasteiger partial charge is 0.0693 e. The van der Waals surface area contributed by atoms with E-state index in [9.17, 15) is 0 Å². The van der Waals surface area contributed by atoms with Gasteiger partial charge in [-0.1, -0.05) is 65.0 Å². The Kier molecular flexibility index (Phi) is 3.69. The van der Waals surface area contributed by atoms with Gasteiger partial charge in [-0.15, -0.1) is 0 Å². The van der Waals surface area contributed by atoms with Crippen molar-refractivity contribution in [2.24, 2.45) is 0 Å². The molecule has 1 aliphatic carbocycles. The first kappa shape index (κ1) is 12.5. The molecule has 0 saturated heterocycles. The van der Waals surface area contributed by atoms with E-state index in [4.69, 9.17) is 0 Å². The molecule has 1 rings (SSSR count). The van der Waals surface area contributed by atoms with E-state index in [2.05, 4.69) is 39.3 Å². The van der Waals surface area contributed by atoms with E-state index in [1.807, 2.05) is 0 Å². The lowest BCUT2D eigenvalue weighted by atomic mass is 9.99. The summed E-state index contributed by atoms with van der Waals surface area (Å²) in [5, 5.41) is 0. The molecule has 0 heterocycles. The summed E-state index contributed by atoms with van der Waals surface area (Å²) in [5.41, 5.74) is 2.26. The van der Waals surface area contributed by atoms with Gasteiger partial charge < -0.3 is 0 Å². The van der Waals surface area contributed by atoms with Crippen LogP contribution in [0.1, 0.15) is 25.7 Å². The molecule has 2 atom stereocenters. The molecule has 84 valence electrons. The van der Waals surface area contributed by atoms with Crippen LogP contribution in [0.25, 0.3) is 0 Å². The Balaban J connectivity index is 2.80. The standard InChI is InChI=1S/C12H28Si2/c1-13(2,3)11-9-7-8-10-12(11)14(4,5)6/h11-12H,7-10H2,1-6H3/t11-,12+. The molecule has 0 aromatic rings. The molecule has 0 bridgehead atoms. The molecule has 0 aromatic carbocycles. The van der Waals surface area contributed by atoms with Gasteiger partial charge in [-0.3, -0.25) is 0 Å². The fourth-order valence-corrected chi connectivity index (χ4v) is 11.1. The quantitative estimate of drug-likeness (QED) is 0.585. The average molecular weight is 229 g/mol. The van der Waals surface area contributed by atoms with Gasteiger partial charge in [0, 0.05) is 16.1 Å². The molecule has 0 spiro atoms. The Hall–Kier alpha value is 0.434. The minimum Gasteiger partial charge on any atom is -0.0693 e. The first-order valence-electron chi connectivity index (χ1n) is 6.23. The summed E-state index contributed by atoms with van der Waals surface area (Å²) in [6.45, 7) is 15.5.